The second-order valence-corrected chi connectivity index (χ2v) is 4.72. The Bertz CT molecular complexity index is 526. The molecular weight excluding hydrogens is 268 g/mol. The van der Waals surface area contributed by atoms with Crippen LogP contribution in [0, 0.1) is 0 Å². The molecule has 0 unspecified atom stereocenters. The SMILES string of the molecule is CO[C@@H](CNC(=O)Cn1nnnc1N)c1cccs1. The minimum Gasteiger partial charge on any atom is -0.374 e. The molecule has 2 aromatic rings. The number of methoxy groups -OCH3 is 1. The van der Waals surface area contributed by atoms with Crippen LogP contribution in [0.5, 0.6) is 0 Å². The maximum absolute atomic E-state index is 11.7. The van der Waals surface area contributed by atoms with Gasteiger partial charge in [-0.2, -0.15) is 0 Å². The molecule has 0 radical (unpaired) electrons. The van der Waals surface area contributed by atoms with Crippen molar-refractivity contribution < 1.29 is 9.53 Å². The predicted octanol–water partition coefficient (Wildman–Crippen LogP) is -0.179. The second-order valence-electron chi connectivity index (χ2n) is 3.74. The zero-order chi connectivity index (χ0) is 13.7. The molecule has 0 saturated heterocycles. The Kier molecular flexibility index (Phi) is 4.42. The molecule has 0 fully saturated rings. The Labute approximate surface area is 113 Å². The van der Waals surface area contributed by atoms with Crippen LogP contribution in [0.4, 0.5) is 5.95 Å². The van der Waals surface area contributed by atoms with Gasteiger partial charge in [-0.05, 0) is 21.9 Å². The topological polar surface area (TPSA) is 108 Å². The number of hydrogen-bond acceptors (Lipinski definition) is 7. The van der Waals surface area contributed by atoms with E-state index in [9.17, 15) is 4.79 Å². The third-order valence-electron chi connectivity index (χ3n) is 2.48. The first-order chi connectivity index (χ1) is 9.20. The van der Waals surface area contributed by atoms with Crippen molar-refractivity contribution in [3.05, 3.63) is 22.4 Å². The number of carbonyl (C=O) groups is 1. The van der Waals surface area contributed by atoms with Gasteiger partial charge in [0, 0.05) is 18.5 Å². The molecule has 0 aliphatic rings. The van der Waals surface area contributed by atoms with Crippen LogP contribution in [0.25, 0.3) is 0 Å². The van der Waals surface area contributed by atoms with E-state index in [-0.39, 0.29) is 24.5 Å². The number of amides is 1. The lowest BCUT2D eigenvalue weighted by molar-refractivity contribution is -0.122. The lowest BCUT2D eigenvalue weighted by Crippen LogP contribution is -2.32. The monoisotopic (exact) mass is 282 g/mol. The summed E-state index contributed by atoms with van der Waals surface area (Å²) in [4.78, 5) is 12.8. The summed E-state index contributed by atoms with van der Waals surface area (Å²) >= 11 is 1.58. The summed E-state index contributed by atoms with van der Waals surface area (Å²) in [5.41, 5.74) is 5.47. The zero-order valence-electron chi connectivity index (χ0n) is 10.3. The van der Waals surface area contributed by atoms with Gasteiger partial charge in [0.2, 0.25) is 11.9 Å². The quantitative estimate of drug-likeness (QED) is 0.761. The van der Waals surface area contributed by atoms with Gasteiger partial charge in [0.1, 0.15) is 12.6 Å². The van der Waals surface area contributed by atoms with Gasteiger partial charge in [0.15, 0.2) is 0 Å². The third kappa shape index (κ3) is 3.48. The molecule has 0 aliphatic heterocycles. The highest BCUT2D eigenvalue weighted by Gasteiger charge is 2.14. The fourth-order valence-corrected chi connectivity index (χ4v) is 2.30. The van der Waals surface area contributed by atoms with Gasteiger partial charge < -0.3 is 15.8 Å². The molecule has 2 rings (SSSR count). The zero-order valence-corrected chi connectivity index (χ0v) is 11.1. The Hall–Kier alpha value is -2.00. The number of anilines is 1. The third-order valence-corrected chi connectivity index (χ3v) is 3.45. The number of nitrogens with two attached hydrogens (primary N) is 1. The number of nitrogens with one attached hydrogen (secondary N) is 1. The van der Waals surface area contributed by atoms with E-state index in [1.807, 2.05) is 17.5 Å². The number of hydrogen-bond donors (Lipinski definition) is 2. The molecule has 3 N–H and O–H groups in total. The summed E-state index contributed by atoms with van der Waals surface area (Å²) in [6.45, 7) is 0.373. The molecule has 0 bridgehead atoms. The highest BCUT2D eigenvalue weighted by Crippen LogP contribution is 2.20. The largest absolute Gasteiger partial charge is 0.374 e. The average molecular weight is 282 g/mol. The Balaban J connectivity index is 1.84. The molecule has 0 aromatic carbocycles. The maximum Gasteiger partial charge on any atom is 0.242 e. The number of nitrogen functional groups attached to an aromatic ring is 1. The molecular formula is C10H14N6O2S. The van der Waals surface area contributed by atoms with Crippen LogP contribution < -0.4 is 11.1 Å². The molecule has 102 valence electrons. The first-order valence-electron chi connectivity index (χ1n) is 5.55. The van der Waals surface area contributed by atoms with E-state index < -0.39 is 0 Å². The molecule has 1 atom stereocenters. The summed E-state index contributed by atoms with van der Waals surface area (Å²) in [5, 5.41) is 15.2. The van der Waals surface area contributed by atoms with Gasteiger partial charge in [-0.1, -0.05) is 11.2 Å². The molecule has 2 aromatic heterocycles. The molecule has 1 amide bonds. The van der Waals surface area contributed by atoms with Crippen LogP contribution in [0.2, 0.25) is 0 Å². The number of nitrogens with zero attached hydrogens (tertiary/aromatic N) is 4. The minimum atomic E-state index is -0.224. The number of tetrazole rings is 1. The first kappa shape index (κ1) is 13.4. The lowest BCUT2D eigenvalue weighted by Gasteiger charge is -2.14. The summed E-state index contributed by atoms with van der Waals surface area (Å²) in [7, 11) is 1.61. The Morgan fingerprint density at radius 3 is 3.11 bits per heavy atom. The molecule has 0 saturated carbocycles. The highest BCUT2D eigenvalue weighted by molar-refractivity contribution is 7.10. The number of ether oxygens (including phenoxy) is 1. The van der Waals surface area contributed by atoms with Gasteiger partial charge >= 0.3 is 0 Å². The Morgan fingerprint density at radius 2 is 2.53 bits per heavy atom. The van der Waals surface area contributed by atoms with Crippen LogP contribution in [-0.4, -0.2) is 39.8 Å². The summed E-state index contributed by atoms with van der Waals surface area (Å²) < 4.78 is 6.55. The first-order valence-corrected chi connectivity index (χ1v) is 6.43. The van der Waals surface area contributed by atoms with Crippen molar-refractivity contribution in [2.24, 2.45) is 0 Å². The number of rotatable bonds is 6. The Morgan fingerprint density at radius 1 is 1.68 bits per heavy atom. The van der Waals surface area contributed by atoms with Crippen LogP contribution in [0.3, 0.4) is 0 Å². The van der Waals surface area contributed by atoms with Crippen molar-refractivity contribution >= 4 is 23.2 Å². The van der Waals surface area contributed by atoms with E-state index in [0.29, 0.717) is 6.54 Å². The van der Waals surface area contributed by atoms with E-state index in [1.54, 1.807) is 18.4 Å². The lowest BCUT2D eigenvalue weighted by atomic mass is 10.3. The normalized spacial score (nSPS) is 12.3. The molecule has 2 heterocycles. The van der Waals surface area contributed by atoms with Crippen molar-refractivity contribution in [3.63, 3.8) is 0 Å². The van der Waals surface area contributed by atoms with E-state index in [2.05, 4.69) is 20.8 Å². The number of carbonyl (C=O) groups excluding carboxylic acids is 1. The van der Waals surface area contributed by atoms with E-state index in [1.165, 1.54) is 4.68 Å². The van der Waals surface area contributed by atoms with Crippen LogP contribution in [0.15, 0.2) is 17.5 Å². The fourth-order valence-electron chi connectivity index (χ4n) is 1.50. The number of thiophene rings is 1. The predicted molar refractivity (Wildman–Crippen MR) is 69.3 cm³/mol. The van der Waals surface area contributed by atoms with Crippen molar-refractivity contribution in [2.45, 2.75) is 12.6 Å². The number of aromatic nitrogens is 4. The maximum atomic E-state index is 11.7. The summed E-state index contributed by atoms with van der Waals surface area (Å²) in [5.74, 6) is -0.116. The van der Waals surface area contributed by atoms with E-state index >= 15 is 0 Å². The fraction of sp³-hybridized carbons (Fsp3) is 0.400. The van der Waals surface area contributed by atoms with Crippen molar-refractivity contribution in [1.29, 1.82) is 0 Å². The van der Waals surface area contributed by atoms with Crippen molar-refractivity contribution in [1.82, 2.24) is 25.5 Å². The van der Waals surface area contributed by atoms with Gasteiger partial charge in [-0.25, -0.2) is 4.68 Å². The second kappa shape index (κ2) is 6.25. The molecule has 19 heavy (non-hydrogen) atoms. The minimum absolute atomic E-state index is 0.0142. The average Bonchev–Trinajstić information content (AvgIpc) is 3.03. The van der Waals surface area contributed by atoms with Crippen LogP contribution in [-0.2, 0) is 16.1 Å². The van der Waals surface area contributed by atoms with E-state index in [0.717, 1.165) is 4.88 Å². The van der Waals surface area contributed by atoms with Gasteiger partial charge in [-0.3, -0.25) is 4.79 Å². The van der Waals surface area contributed by atoms with Crippen LogP contribution >= 0.6 is 11.3 Å². The van der Waals surface area contributed by atoms with Gasteiger partial charge in [-0.15, -0.1) is 11.3 Å². The highest BCUT2D eigenvalue weighted by atomic mass is 32.1. The van der Waals surface area contributed by atoms with Crippen molar-refractivity contribution in [2.75, 3.05) is 19.4 Å². The summed E-state index contributed by atoms with van der Waals surface area (Å²) in [6, 6.07) is 3.90. The molecule has 9 heteroatoms. The van der Waals surface area contributed by atoms with Gasteiger partial charge in [0.25, 0.3) is 0 Å². The van der Waals surface area contributed by atoms with Gasteiger partial charge in [0.05, 0.1) is 0 Å². The van der Waals surface area contributed by atoms with E-state index in [4.69, 9.17) is 10.5 Å². The summed E-state index contributed by atoms with van der Waals surface area (Å²) in [6.07, 6.45) is -0.157. The van der Waals surface area contributed by atoms with Crippen LogP contribution in [0.1, 0.15) is 11.0 Å². The van der Waals surface area contributed by atoms with Crippen molar-refractivity contribution in [3.8, 4) is 0 Å². The smallest absolute Gasteiger partial charge is 0.242 e. The molecule has 8 nitrogen and oxygen atoms in total. The molecule has 0 aliphatic carbocycles. The molecule has 0 spiro atoms. The standard InChI is InChI=1S/C10H14N6O2S/c1-18-7(8-3-2-4-19-8)5-12-9(17)6-16-10(11)13-14-15-16/h2-4,7H,5-6H2,1H3,(H,12,17)(H2,11,13,15)/t7-/m0/s1.